The predicted octanol–water partition coefficient (Wildman–Crippen LogP) is 1.69. The number of nitrogens with zero attached hydrogens (tertiary/aromatic N) is 2. The third kappa shape index (κ3) is 2.82. The van der Waals surface area contributed by atoms with Crippen LogP contribution >= 0.6 is 0 Å². The summed E-state index contributed by atoms with van der Waals surface area (Å²) in [6, 6.07) is 1.71. The maximum atomic E-state index is 11.5. The van der Waals surface area contributed by atoms with Crippen molar-refractivity contribution in [2.75, 3.05) is 13.2 Å². The fourth-order valence-corrected chi connectivity index (χ4v) is 1.42. The Hall–Kier alpha value is -1.36. The maximum Gasteiger partial charge on any atom is 0.356 e. The first kappa shape index (κ1) is 12.7. The van der Waals surface area contributed by atoms with Crippen LogP contribution in [0.5, 0.6) is 0 Å². The highest BCUT2D eigenvalue weighted by molar-refractivity contribution is 5.87. The number of aromatic nitrogens is 2. The van der Waals surface area contributed by atoms with Gasteiger partial charge in [0.05, 0.1) is 18.4 Å². The average Bonchev–Trinajstić information content (AvgIpc) is 2.61. The molecule has 1 aromatic heterocycles. The number of esters is 1. The number of carbonyl (C=O) groups is 1. The van der Waals surface area contributed by atoms with E-state index in [1.165, 1.54) is 4.68 Å². The van der Waals surface area contributed by atoms with E-state index in [4.69, 9.17) is 9.47 Å². The van der Waals surface area contributed by atoms with Crippen LogP contribution in [0, 0.1) is 0 Å². The lowest BCUT2D eigenvalue weighted by Crippen LogP contribution is -2.10. The van der Waals surface area contributed by atoms with Crippen LogP contribution < -0.4 is 0 Å². The van der Waals surface area contributed by atoms with Crippen LogP contribution in [-0.4, -0.2) is 29.0 Å². The second kappa shape index (κ2) is 5.65. The largest absolute Gasteiger partial charge is 0.461 e. The Labute approximate surface area is 95.3 Å². The zero-order chi connectivity index (χ0) is 12.1. The molecule has 0 saturated carbocycles. The van der Waals surface area contributed by atoms with Crippen LogP contribution in [0.25, 0.3) is 0 Å². The molecule has 5 heteroatoms. The molecule has 0 spiro atoms. The van der Waals surface area contributed by atoms with E-state index < -0.39 is 0 Å². The third-order valence-corrected chi connectivity index (χ3v) is 2.22. The number of carbonyl (C=O) groups excluding carboxylic acids is 1. The second-order valence-electron chi connectivity index (χ2n) is 3.40. The maximum absolute atomic E-state index is 11.5. The van der Waals surface area contributed by atoms with E-state index in [9.17, 15) is 4.79 Å². The first-order valence-electron chi connectivity index (χ1n) is 5.42. The number of aryl methyl sites for hydroxylation is 1. The van der Waals surface area contributed by atoms with Crippen molar-refractivity contribution in [3.05, 3.63) is 17.5 Å². The van der Waals surface area contributed by atoms with E-state index in [0.29, 0.717) is 18.9 Å². The van der Waals surface area contributed by atoms with Crippen LogP contribution in [0.2, 0.25) is 0 Å². The monoisotopic (exact) mass is 226 g/mol. The minimum Gasteiger partial charge on any atom is -0.461 e. The zero-order valence-corrected chi connectivity index (χ0v) is 10.2. The summed E-state index contributed by atoms with van der Waals surface area (Å²) in [6.07, 6.45) is -0.112. The van der Waals surface area contributed by atoms with Crippen LogP contribution in [0.1, 0.15) is 43.1 Å². The first-order valence-corrected chi connectivity index (χ1v) is 5.42. The van der Waals surface area contributed by atoms with Gasteiger partial charge >= 0.3 is 5.97 Å². The summed E-state index contributed by atoms with van der Waals surface area (Å²) in [5, 5.41) is 4.22. The quantitative estimate of drug-likeness (QED) is 0.717. The minimum absolute atomic E-state index is 0.112. The molecule has 0 aromatic carbocycles. The Balaban J connectivity index is 2.84. The smallest absolute Gasteiger partial charge is 0.356 e. The Bertz CT molecular complexity index is 360. The normalized spacial score (nSPS) is 12.5. The fourth-order valence-electron chi connectivity index (χ4n) is 1.42. The summed E-state index contributed by atoms with van der Waals surface area (Å²) in [4.78, 5) is 11.5. The van der Waals surface area contributed by atoms with Crippen molar-refractivity contribution in [2.45, 2.75) is 26.9 Å². The van der Waals surface area contributed by atoms with Gasteiger partial charge in [-0.3, -0.25) is 4.68 Å². The highest BCUT2D eigenvalue weighted by Crippen LogP contribution is 2.16. The molecule has 0 radical (unpaired) electrons. The third-order valence-electron chi connectivity index (χ3n) is 2.22. The summed E-state index contributed by atoms with van der Waals surface area (Å²) < 4.78 is 11.8. The van der Waals surface area contributed by atoms with Crippen molar-refractivity contribution >= 4 is 5.97 Å². The highest BCUT2D eigenvalue weighted by atomic mass is 16.5. The van der Waals surface area contributed by atoms with E-state index in [2.05, 4.69) is 5.10 Å². The van der Waals surface area contributed by atoms with Gasteiger partial charge in [-0.1, -0.05) is 0 Å². The molecule has 0 N–H and O–H groups in total. The summed E-state index contributed by atoms with van der Waals surface area (Å²) in [6.45, 7) is 6.58. The molecule has 16 heavy (non-hydrogen) atoms. The molecule has 1 rings (SSSR count). The molecule has 0 fully saturated rings. The molecule has 90 valence electrons. The molecule has 0 aliphatic rings. The fraction of sp³-hybridized carbons (Fsp3) is 0.636. The van der Waals surface area contributed by atoms with Crippen molar-refractivity contribution in [1.82, 2.24) is 9.78 Å². The van der Waals surface area contributed by atoms with E-state index >= 15 is 0 Å². The van der Waals surface area contributed by atoms with E-state index in [1.54, 1.807) is 20.0 Å². The van der Waals surface area contributed by atoms with Gasteiger partial charge in [0.1, 0.15) is 5.69 Å². The van der Waals surface area contributed by atoms with Crippen LogP contribution in [0.15, 0.2) is 6.07 Å². The number of ether oxygens (including phenoxy) is 2. The van der Waals surface area contributed by atoms with Crippen molar-refractivity contribution in [2.24, 2.45) is 7.05 Å². The molecule has 0 aliphatic carbocycles. The Morgan fingerprint density at radius 2 is 2.19 bits per heavy atom. The summed E-state index contributed by atoms with van der Waals surface area (Å²) in [7, 11) is 1.72. The van der Waals surface area contributed by atoms with Crippen molar-refractivity contribution in [3.8, 4) is 0 Å². The van der Waals surface area contributed by atoms with Crippen molar-refractivity contribution in [3.63, 3.8) is 0 Å². The van der Waals surface area contributed by atoms with Crippen molar-refractivity contribution in [1.29, 1.82) is 0 Å². The van der Waals surface area contributed by atoms with Gasteiger partial charge in [-0.2, -0.15) is 5.10 Å². The number of hydrogen-bond acceptors (Lipinski definition) is 4. The van der Waals surface area contributed by atoms with Gasteiger partial charge in [-0.05, 0) is 26.8 Å². The molecular weight excluding hydrogens is 208 g/mol. The number of hydrogen-bond donors (Lipinski definition) is 0. The van der Waals surface area contributed by atoms with Gasteiger partial charge in [0.25, 0.3) is 0 Å². The summed E-state index contributed by atoms with van der Waals surface area (Å²) in [5.74, 6) is -0.354. The Kier molecular flexibility index (Phi) is 4.49. The van der Waals surface area contributed by atoms with E-state index in [0.717, 1.165) is 5.69 Å². The van der Waals surface area contributed by atoms with Crippen LogP contribution in [0.4, 0.5) is 0 Å². The molecule has 0 aliphatic heterocycles. The van der Waals surface area contributed by atoms with Crippen LogP contribution in [-0.2, 0) is 16.5 Å². The molecule has 1 heterocycles. The zero-order valence-electron chi connectivity index (χ0n) is 10.2. The molecule has 1 aromatic rings. The predicted molar refractivity (Wildman–Crippen MR) is 59.2 cm³/mol. The molecule has 1 atom stereocenters. The molecule has 0 saturated heterocycles. The van der Waals surface area contributed by atoms with Gasteiger partial charge < -0.3 is 9.47 Å². The molecule has 0 amide bonds. The lowest BCUT2D eigenvalue weighted by molar-refractivity contribution is 0.0513. The second-order valence-corrected chi connectivity index (χ2v) is 3.40. The summed E-state index contributed by atoms with van der Waals surface area (Å²) in [5.41, 5.74) is 1.19. The Morgan fingerprint density at radius 1 is 1.50 bits per heavy atom. The standard InChI is InChI=1S/C11H18N2O3/c1-5-15-8(3)9-7-10(13(4)12-9)11(14)16-6-2/h7-8H,5-6H2,1-4H3. The van der Waals surface area contributed by atoms with Gasteiger partial charge in [0.15, 0.2) is 0 Å². The SMILES string of the molecule is CCOC(=O)c1cc(C(C)OCC)nn1C. The number of rotatable bonds is 5. The highest BCUT2D eigenvalue weighted by Gasteiger charge is 2.17. The van der Waals surface area contributed by atoms with Gasteiger partial charge in [-0.25, -0.2) is 4.79 Å². The molecule has 0 bridgehead atoms. The lowest BCUT2D eigenvalue weighted by atomic mass is 10.2. The lowest BCUT2D eigenvalue weighted by Gasteiger charge is -2.06. The van der Waals surface area contributed by atoms with Gasteiger partial charge in [0, 0.05) is 13.7 Å². The molecule has 1 unspecified atom stereocenters. The van der Waals surface area contributed by atoms with Crippen LogP contribution in [0.3, 0.4) is 0 Å². The van der Waals surface area contributed by atoms with E-state index in [-0.39, 0.29) is 12.1 Å². The van der Waals surface area contributed by atoms with Crippen molar-refractivity contribution < 1.29 is 14.3 Å². The molecule has 5 nitrogen and oxygen atoms in total. The average molecular weight is 226 g/mol. The molecular formula is C11H18N2O3. The first-order chi connectivity index (χ1) is 7.60. The topological polar surface area (TPSA) is 53.4 Å². The minimum atomic E-state index is -0.354. The summed E-state index contributed by atoms with van der Waals surface area (Å²) >= 11 is 0. The van der Waals surface area contributed by atoms with E-state index in [1.807, 2.05) is 13.8 Å². The van der Waals surface area contributed by atoms with Gasteiger partial charge in [0.2, 0.25) is 0 Å². The van der Waals surface area contributed by atoms with Gasteiger partial charge in [-0.15, -0.1) is 0 Å². The Morgan fingerprint density at radius 3 is 2.75 bits per heavy atom.